The van der Waals surface area contributed by atoms with Crippen LogP contribution in [0.2, 0.25) is 0 Å². The van der Waals surface area contributed by atoms with Crippen molar-refractivity contribution in [3.8, 4) is 0 Å². The Kier molecular flexibility index (Phi) is 6.03. The monoisotopic (exact) mass is 180 g/mol. The highest BCUT2D eigenvalue weighted by Crippen LogP contribution is 2.26. The molecule has 0 aromatic heterocycles. The maximum atomic E-state index is 5.50. The van der Waals surface area contributed by atoms with Crippen molar-refractivity contribution in [2.75, 3.05) is 0 Å². The van der Waals surface area contributed by atoms with Gasteiger partial charge in [0.25, 0.3) is 0 Å². The average molecular weight is 180 g/mol. The molecule has 1 fully saturated rings. The molecular formula is C12H20O. The van der Waals surface area contributed by atoms with Crippen molar-refractivity contribution < 1.29 is 4.74 Å². The van der Waals surface area contributed by atoms with Crippen LogP contribution in [0, 0.1) is 0 Å². The first-order valence-electron chi connectivity index (χ1n) is 4.88. The molecule has 13 heavy (non-hydrogen) atoms. The van der Waals surface area contributed by atoms with Crippen LogP contribution in [0.1, 0.15) is 33.6 Å². The van der Waals surface area contributed by atoms with Crippen LogP contribution < -0.4 is 0 Å². The molecule has 0 spiro atoms. The summed E-state index contributed by atoms with van der Waals surface area (Å²) >= 11 is 0. The van der Waals surface area contributed by atoms with Crippen LogP contribution in [0.25, 0.3) is 0 Å². The van der Waals surface area contributed by atoms with E-state index in [1.165, 1.54) is 12.8 Å². The Labute approximate surface area is 81.8 Å². The van der Waals surface area contributed by atoms with Gasteiger partial charge in [-0.2, -0.15) is 0 Å². The fourth-order valence-electron chi connectivity index (χ4n) is 0.762. The zero-order chi connectivity index (χ0) is 10.3. The molecule has 1 aliphatic carbocycles. The lowest BCUT2D eigenvalue weighted by atomic mass is 10.3. The van der Waals surface area contributed by atoms with E-state index in [2.05, 4.69) is 13.2 Å². The van der Waals surface area contributed by atoms with E-state index in [0.29, 0.717) is 6.10 Å². The number of allylic oxidation sites excluding steroid dienone is 3. The zero-order valence-electron chi connectivity index (χ0n) is 8.97. The fraction of sp³-hybridized carbons (Fsp3) is 0.500. The summed E-state index contributed by atoms with van der Waals surface area (Å²) in [6, 6.07) is 0. The van der Waals surface area contributed by atoms with Crippen LogP contribution >= 0.6 is 0 Å². The number of ether oxygens (including phenoxy) is 1. The predicted molar refractivity (Wildman–Crippen MR) is 58.5 cm³/mol. The fourth-order valence-corrected chi connectivity index (χ4v) is 0.762. The molecule has 1 rings (SSSR count). The first kappa shape index (κ1) is 12.0. The Morgan fingerprint density at radius 2 is 1.92 bits per heavy atom. The van der Waals surface area contributed by atoms with Crippen molar-refractivity contribution in [1.82, 2.24) is 0 Å². The number of hydrogen-bond acceptors (Lipinski definition) is 1. The summed E-state index contributed by atoms with van der Waals surface area (Å²) in [5.41, 5.74) is 1.00. The molecule has 0 atom stereocenters. The van der Waals surface area contributed by atoms with E-state index in [-0.39, 0.29) is 0 Å². The third-order valence-corrected chi connectivity index (χ3v) is 1.42. The summed E-state index contributed by atoms with van der Waals surface area (Å²) in [7, 11) is 0. The van der Waals surface area contributed by atoms with Crippen molar-refractivity contribution in [1.29, 1.82) is 0 Å². The molecule has 1 nitrogen and oxygen atoms in total. The molecule has 0 radical (unpaired) electrons. The van der Waals surface area contributed by atoms with Crippen LogP contribution in [-0.2, 0) is 4.74 Å². The van der Waals surface area contributed by atoms with Crippen LogP contribution in [0.3, 0.4) is 0 Å². The van der Waals surface area contributed by atoms with Crippen molar-refractivity contribution >= 4 is 0 Å². The SMILES string of the molecule is C=C/C(=C\C(=C)C)OC1CC1.CC. The predicted octanol–water partition coefficient (Wildman–Crippen LogP) is 3.84. The van der Waals surface area contributed by atoms with Gasteiger partial charge in [0.05, 0.1) is 6.10 Å². The molecule has 0 aromatic carbocycles. The molecule has 0 unspecified atom stereocenters. The van der Waals surface area contributed by atoms with Crippen molar-refractivity contribution in [3.63, 3.8) is 0 Å². The van der Waals surface area contributed by atoms with Gasteiger partial charge in [-0.25, -0.2) is 0 Å². The van der Waals surface area contributed by atoms with Gasteiger partial charge in [-0.05, 0) is 31.9 Å². The highest BCUT2D eigenvalue weighted by molar-refractivity contribution is 5.21. The molecule has 0 N–H and O–H groups in total. The van der Waals surface area contributed by atoms with Gasteiger partial charge in [0, 0.05) is 0 Å². The lowest BCUT2D eigenvalue weighted by Gasteiger charge is -2.03. The van der Waals surface area contributed by atoms with E-state index in [4.69, 9.17) is 4.74 Å². The summed E-state index contributed by atoms with van der Waals surface area (Å²) in [4.78, 5) is 0. The van der Waals surface area contributed by atoms with Gasteiger partial charge in [0.1, 0.15) is 5.76 Å². The molecule has 0 aromatic rings. The molecule has 0 heterocycles. The van der Waals surface area contributed by atoms with Crippen LogP contribution in [0.5, 0.6) is 0 Å². The maximum Gasteiger partial charge on any atom is 0.119 e. The molecule has 0 bridgehead atoms. The minimum atomic E-state index is 0.443. The highest BCUT2D eigenvalue weighted by Gasteiger charge is 2.23. The van der Waals surface area contributed by atoms with Gasteiger partial charge in [-0.15, -0.1) is 0 Å². The number of rotatable bonds is 4. The summed E-state index contributed by atoms with van der Waals surface area (Å²) in [5, 5.41) is 0. The normalized spacial score (nSPS) is 15.5. The van der Waals surface area contributed by atoms with Gasteiger partial charge >= 0.3 is 0 Å². The Balaban J connectivity index is 0.000000671. The minimum Gasteiger partial charge on any atom is -0.490 e. The Morgan fingerprint density at radius 1 is 1.38 bits per heavy atom. The first-order chi connectivity index (χ1) is 6.22. The lowest BCUT2D eigenvalue weighted by molar-refractivity contribution is 0.209. The third kappa shape index (κ3) is 6.21. The molecular weight excluding hydrogens is 160 g/mol. The molecule has 1 heteroatoms. The van der Waals surface area contributed by atoms with Gasteiger partial charge in [-0.3, -0.25) is 0 Å². The Bertz CT molecular complexity index is 197. The van der Waals surface area contributed by atoms with E-state index >= 15 is 0 Å². The second-order valence-corrected chi connectivity index (χ2v) is 2.91. The van der Waals surface area contributed by atoms with Gasteiger partial charge in [-0.1, -0.05) is 32.6 Å². The standard InChI is InChI=1S/C10H14O.C2H6/c1-4-9(7-8(2)3)11-10-5-6-10;1-2/h4,7,10H,1-2,5-6H2,3H3;1-2H3/b9-7+;. The second kappa shape index (κ2) is 6.53. The Morgan fingerprint density at radius 3 is 2.23 bits per heavy atom. The van der Waals surface area contributed by atoms with E-state index in [1.54, 1.807) is 6.08 Å². The first-order valence-corrected chi connectivity index (χ1v) is 4.88. The smallest absolute Gasteiger partial charge is 0.119 e. The van der Waals surface area contributed by atoms with Crippen molar-refractivity contribution in [3.05, 3.63) is 36.6 Å². The summed E-state index contributed by atoms with van der Waals surface area (Å²) in [5.74, 6) is 0.847. The largest absolute Gasteiger partial charge is 0.490 e. The quantitative estimate of drug-likeness (QED) is 0.472. The molecule has 0 saturated heterocycles. The second-order valence-electron chi connectivity index (χ2n) is 2.91. The van der Waals surface area contributed by atoms with Crippen LogP contribution in [0.15, 0.2) is 36.6 Å². The zero-order valence-corrected chi connectivity index (χ0v) is 8.97. The lowest BCUT2D eigenvalue weighted by Crippen LogP contribution is -1.91. The topological polar surface area (TPSA) is 9.23 Å². The van der Waals surface area contributed by atoms with Crippen LogP contribution in [-0.4, -0.2) is 6.10 Å². The minimum absolute atomic E-state index is 0.443. The maximum absolute atomic E-state index is 5.50. The molecule has 74 valence electrons. The molecule has 0 amide bonds. The Hall–Kier alpha value is -0.980. The van der Waals surface area contributed by atoms with Gasteiger partial charge in [0.2, 0.25) is 0 Å². The summed E-state index contributed by atoms with van der Waals surface area (Å²) in [6.45, 7) is 13.4. The van der Waals surface area contributed by atoms with Gasteiger partial charge < -0.3 is 4.74 Å². The molecule has 1 aliphatic rings. The van der Waals surface area contributed by atoms with Gasteiger partial charge in [0.15, 0.2) is 0 Å². The molecule has 1 saturated carbocycles. The van der Waals surface area contributed by atoms with Crippen LogP contribution in [0.4, 0.5) is 0 Å². The highest BCUT2D eigenvalue weighted by atomic mass is 16.5. The van der Waals surface area contributed by atoms with Crippen molar-refractivity contribution in [2.45, 2.75) is 39.7 Å². The van der Waals surface area contributed by atoms with E-state index in [1.807, 2.05) is 26.8 Å². The summed E-state index contributed by atoms with van der Waals surface area (Å²) in [6.07, 6.45) is 6.44. The number of hydrogen-bond donors (Lipinski definition) is 0. The van der Waals surface area contributed by atoms with E-state index in [9.17, 15) is 0 Å². The molecule has 0 aliphatic heterocycles. The third-order valence-electron chi connectivity index (χ3n) is 1.42. The summed E-state index contributed by atoms with van der Waals surface area (Å²) < 4.78 is 5.50. The van der Waals surface area contributed by atoms with Crippen molar-refractivity contribution in [2.24, 2.45) is 0 Å². The van der Waals surface area contributed by atoms with E-state index in [0.717, 1.165) is 11.3 Å². The van der Waals surface area contributed by atoms with E-state index < -0.39 is 0 Å². The average Bonchev–Trinajstić information content (AvgIpc) is 2.90.